The maximum atomic E-state index is 8.19. The van der Waals surface area contributed by atoms with Crippen molar-refractivity contribution in [3.05, 3.63) is 70.0 Å². The lowest BCUT2D eigenvalue weighted by atomic mass is 10.3. The van der Waals surface area contributed by atoms with E-state index in [0.29, 0.717) is 23.1 Å². The quantitative estimate of drug-likeness (QED) is 0.487. The summed E-state index contributed by atoms with van der Waals surface area (Å²) in [4.78, 5) is 5.70. The van der Waals surface area contributed by atoms with Crippen molar-refractivity contribution in [1.82, 2.24) is 3.96 Å². The number of halogens is 1. The molecule has 0 spiro atoms. The minimum Gasteiger partial charge on any atom is -0.494 e. The van der Waals surface area contributed by atoms with Gasteiger partial charge in [0.05, 0.1) is 12.3 Å². The molecule has 1 aromatic heterocycles. The normalized spacial score (nSPS) is 11.4. The zero-order valence-electron chi connectivity index (χ0n) is 14.5. The molecule has 2 aromatic carbocycles. The molecule has 0 saturated carbocycles. The first kappa shape index (κ1) is 18.2. The van der Waals surface area contributed by atoms with E-state index >= 15 is 0 Å². The number of hydrogen-bond donors (Lipinski definition) is 2. The van der Waals surface area contributed by atoms with Crippen molar-refractivity contribution in [2.75, 3.05) is 11.9 Å². The number of aliphatic imine (C=N–C) groups is 1. The summed E-state index contributed by atoms with van der Waals surface area (Å²) in [7, 11) is 0. The zero-order chi connectivity index (χ0) is 18.5. The van der Waals surface area contributed by atoms with Gasteiger partial charge in [0.15, 0.2) is 0 Å². The Labute approximate surface area is 161 Å². The number of aryl methyl sites for hydroxylation is 1. The smallest absolute Gasteiger partial charge is 0.223 e. The highest BCUT2D eigenvalue weighted by molar-refractivity contribution is 7.07. The van der Waals surface area contributed by atoms with Crippen molar-refractivity contribution >= 4 is 40.5 Å². The fourth-order valence-corrected chi connectivity index (χ4v) is 3.22. The lowest BCUT2D eigenvalue weighted by Gasteiger charge is -2.11. The second-order valence-electron chi connectivity index (χ2n) is 5.52. The first-order chi connectivity index (χ1) is 12.5. The van der Waals surface area contributed by atoms with E-state index in [4.69, 9.17) is 21.7 Å². The Kier molecular flexibility index (Phi) is 5.75. The van der Waals surface area contributed by atoms with Crippen LogP contribution >= 0.6 is 23.1 Å². The van der Waals surface area contributed by atoms with E-state index < -0.39 is 0 Å². The molecule has 1 heterocycles. The molecule has 3 rings (SSSR count). The first-order valence-corrected chi connectivity index (χ1v) is 9.29. The van der Waals surface area contributed by atoms with Gasteiger partial charge in [0.2, 0.25) is 5.96 Å². The number of nitrogens with zero attached hydrogens (tertiary/aromatic N) is 2. The molecular formula is C19H19ClN4OS. The number of nitrogens with one attached hydrogen (secondary N) is 2. The van der Waals surface area contributed by atoms with Gasteiger partial charge >= 0.3 is 0 Å². The maximum Gasteiger partial charge on any atom is 0.223 e. The Morgan fingerprint density at radius 3 is 2.46 bits per heavy atom. The molecule has 0 aliphatic heterocycles. The third-order valence-corrected chi connectivity index (χ3v) is 4.68. The highest BCUT2D eigenvalue weighted by Crippen LogP contribution is 2.19. The minimum atomic E-state index is 0.374. The summed E-state index contributed by atoms with van der Waals surface area (Å²) in [5.74, 6) is 1.37. The van der Waals surface area contributed by atoms with Gasteiger partial charge in [0.25, 0.3) is 0 Å². The molecule has 0 atom stereocenters. The Hall–Kier alpha value is -2.57. The van der Waals surface area contributed by atoms with E-state index in [9.17, 15) is 0 Å². The highest BCUT2D eigenvalue weighted by atomic mass is 35.5. The first-order valence-electron chi connectivity index (χ1n) is 8.14. The van der Waals surface area contributed by atoms with Crippen LogP contribution in [0.4, 0.5) is 11.4 Å². The van der Waals surface area contributed by atoms with E-state index in [1.807, 2.05) is 56.3 Å². The Morgan fingerprint density at radius 1 is 1.19 bits per heavy atom. The molecule has 134 valence electrons. The van der Waals surface area contributed by atoms with Gasteiger partial charge in [-0.1, -0.05) is 23.1 Å². The second-order valence-corrected chi connectivity index (χ2v) is 7.15. The summed E-state index contributed by atoms with van der Waals surface area (Å²) in [6, 6.07) is 16.7. The van der Waals surface area contributed by atoms with Gasteiger partial charge < -0.3 is 10.1 Å². The van der Waals surface area contributed by atoms with Gasteiger partial charge in [-0.3, -0.25) is 5.41 Å². The van der Waals surface area contributed by atoms with Crippen molar-refractivity contribution in [2.45, 2.75) is 13.8 Å². The molecule has 0 unspecified atom stereocenters. The van der Waals surface area contributed by atoms with Crippen LogP contribution in [0.3, 0.4) is 0 Å². The summed E-state index contributed by atoms with van der Waals surface area (Å²) in [6.45, 7) is 4.55. The fraction of sp³-hybridized carbons (Fsp3) is 0.158. The lowest BCUT2D eigenvalue weighted by molar-refractivity contribution is 0.340. The van der Waals surface area contributed by atoms with Crippen molar-refractivity contribution in [3.8, 4) is 5.75 Å². The minimum absolute atomic E-state index is 0.374. The average Bonchev–Trinajstić information content (AvgIpc) is 2.96. The van der Waals surface area contributed by atoms with E-state index in [-0.39, 0.29) is 0 Å². The van der Waals surface area contributed by atoms with Crippen LogP contribution in [0.15, 0.2) is 59.6 Å². The van der Waals surface area contributed by atoms with Crippen LogP contribution in [0.1, 0.15) is 11.8 Å². The van der Waals surface area contributed by atoms with Gasteiger partial charge in [-0.25, -0.2) is 8.95 Å². The molecule has 26 heavy (non-hydrogen) atoms. The van der Waals surface area contributed by atoms with Crippen LogP contribution < -0.4 is 15.5 Å². The summed E-state index contributed by atoms with van der Waals surface area (Å²) in [6.07, 6.45) is 0. The summed E-state index contributed by atoms with van der Waals surface area (Å²) in [5.41, 5.74) is 1.98. The Bertz CT molecular complexity index is 958. The van der Waals surface area contributed by atoms with E-state index in [0.717, 1.165) is 22.0 Å². The van der Waals surface area contributed by atoms with Gasteiger partial charge in [0.1, 0.15) is 11.2 Å². The van der Waals surface area contributed by atoms with Crippen LogP contribution in [0.5, 0.6) is 5.75 Å². The molecule has 7 heteroatoms. The van der Waals surface area contributed by atoms with Gasteiger partial charge in [-0.2, -0.15) is 0 Å². The Balaban J connectivity index is 1.96. The highest BCUT2D eigenvalue weighted by Gasteiger charge is 2.08. The molecule has 0 radical (unpaired) electrons. The molecule has 0 saturated heterocycles. The van der Waals surface area contributed by atoms with Gasteiger partial charge in [0, 0.05) is 15.6 Å². The monoisotopic (exact) mass is 386 g/mol. The third kappa shape index (κ3) is 4.53. The maximum absolute atomic E-state index is 8.19. The summed E-state index contributed by atoms with van der Waals surface area (Å²) >= 11 is 7.42. The molecule has 0 bridgehead atoms. The molecule has 0 fully saturated rings. The zero-order valence-corrected chi connectivity index (χ0v) is 16.1. The van der Waals surface area contributed by atoms with Crippen molar-refractivity contribution < 1.29 is 4.74 Å². The number of benzene rings is 2. The van der Waals surface area contributed by atoms with Gasteiger partial charge in [-0.05, 0) is 68.4 Å². The SMILES string of the molecule is CCOc1ccc(NC(=Nc2ccc(Cl)cc2)n2sc(C)cc2=N)cc1. The van der Waals surface area contributed by atoms with Crippen molar-refractivity contribution in [1.29, 1.82) is 5.41 Å². The van der Waals surface area contributed by atoms with Crippen LogP contribution in [-0.2, 0) is 0 Å². The molecule has 0 amide bonds. The van der Waals surface area contributed by atoms with Crippen LogP contribution in [0.2, 0.25) is 5.02 Å². The van der Waals surface area contributed by atoms with Gasteiger partial charge in [-0.15, -0.1) is 0 Å². The van der Waals surface area contributed by atoms with Crippen LogP contribution in [0, 0.1) is 12.3 Å². The van der Waals surface area contributed by atoms with E-state index in [2.05, 4.69) is 10.3 Å². The molecule has 3 aromatic rings. The fourth-order valence-electron chi connectivity index (χ4n) is 2.32. The molecular weight excluding hydrogens is 368 g/mol. The molecule has 2 N–H and O–H groups in total. The van der Waals surface area contributed by atoms with E-state index in [1.165, 1.54) is 11.5 Å². The molecule has 0 aliphatic carbocycles. The number of rotatable bonds is 4. The second kappa shape index (κ2) is 8.21. The lowest BCUT2D eigenvalue weighted by Crippen LogP contribution is -2.28. The van der Waals surface area contributed by atoms with E-state index in [1.54, 1.807) is 16.1 Å². The number of hydrogen-bond acceptors (Lipinski definition) is 4. The molecule has 0 aliphatic rings. The van der Waals surface area contributed by atoms with Crippen molar-refractivity contribution in [3.63, 3.8) is 0 Å². The predicted octanol–water partition coefficient (Wildman–Crippen LogP) is 5.04. The summed E-state index contributed by atoms with van der Waals surface area (Å²) in [5, 5.41) is 12.1. The third-order valence-electron chi connectivity index (χ3n) is 3.47. The standard InChI is InChI=1S/C19H19ClN4OS/c1-3-25-17-10-8-16(9-11-17)23-19(24-18(21)12-13(2)26-24)22-15-6-4-14(20)5-7-15/h4-12,21H,3H2,1-2H3,(H,22,23). The van der Waals surface area contributed by atoms with Crippen molar-refractivity contribution in [2.24, 2.45) is 4.99 Å². The number of anilines is 1. The predicted molar refractivity (Wildman–Crippen MR) is 108 cm³/mol. The largest absolute Gasteiger partial charge is 0.494 e. The Morgan fingerprint density at radius 2 is 1.88 bits per heavy atom. The van der Waals surface area contributed by atoms with Crippen LogP contribution in [-0.4, -0.2) is 16.5 Å². The topological polar surface area (TPSA) is 62.4 Å². The average molecular weight is 387 g/mol. The summed E-state index contributed by atoms with van der Waals surface area (Å²) < 4.78 is 7.23. The van der Waals surface area contributed by atoms with Crippen LogP contribution in [0.25, 0.3) is 0 Å². The number of aromatic nitrogens is 1. The number of ether oxygens (including phenoxy) is 1. The molecule has 5 nitrogen and oxygen atoms in total.